The maximum Gasteiger partial charge on any atom is 0.225 e. The molecule has 0 spiro atoms. The quantitative estimate of drug-likeness (QED) is 0.849. The zero-order chi connectivity index (χ0) is 12.3. The van der Waals surface area contributed by atoms with Crippen molar-refractivity contribution < 1.29 is 4.79 Å². The van der Waals surface area contributed by atoms with Gasteiger partial charge in [-0.3, -0.25) is 4.79 Å². The number of carbonyl (C=O) groups is 1. The van der Waals surface area contributed by atoms with Gasteiger partial charge in [-0.2, -0.15) is 0 Å². The van der Waals surface area contributed by atoms with Gasteiger partial charge >= 0.3 is 0 Å². The molecule has 2 N–H and O–H groups in total. The number of amides is 1. The summed E-state index contributed by atoms with van der Waals surface area (Å²) < 4.78 is 0. The lowest BCUT2D eigenvalue weighted by Crippen LogP contribution is -2.55. The number of hydrogen-bond acceptors (Lipinski definition) is 2. The third-order valence-electron chi connectivity index (χ3n) is 3.96. The number of carbonyl (C=O) groups excluding carboxylic acids is 1. The average molecular weight is 263 g/mol. The molecule has 1 unspecified atom stereocenters. The molecule has 0 bridgehead atoms. The van der Waals surface area contributed by atoms with E-state index >= 15 is 0 Å². The zero-order valence-corrected chi connectivity index (χ0v) is 12.3. The molecule has 0 aromatic rings. The van der Waals surface area contributed by atoms with Crippen LogP contribution in [0.15, 0.2) is 0 Å². The molecule has 1 heterocycles. The van der Waals surface area contributed by atoms with E-state index in [0.29, 0.717) is 5.91 Å². The Labute approximate surface area is 112 Å². The van der Waals surface area contributed by atoms with Crippen molar-refractivity contribution in [3.63, 3.8) is 0 Å². The van der Waals surface area contributed by atoms with Gasteiger partial charge in [0.25, 0.3) is 0 Å². The fourth-order valence-electron chi connectivity index (χ4n) is 2.46. The summed E-state index contributed by atoms with van der Waals surface area (Å²) in [7, 11) is 0. The Kier molecular flexibility index (Phi) is 6.49. The third-order valence-corrected chi connectivity index (χ3v) is 3.96. The van der Waals surface area contributed by atoms with Crippen LogP contribution in [-0.4, -0.2) is 29.9 Å². The van der Waals surface area contributed by atoms with Crippen LogP contribution >= 0.6 is 12.4 Å². The SMILES string of the molecule is CCC(CC)C(=O)N1CCC(N)C(C)(C)C1.Cl. The van der Waals surface area contributed by atoms with E-state index < -0.39 is 0 Å². The minimum absolute atomic E-state index is 0. The maximum absolute atomic E-state index is 12.2. The van der Waals surface area contributed by atoms with Crippen molar-refractivity contribution in [1.29, 1.82) is 0 Å². The van der Waals surface area contributed by atoms with Crippen LogP contribution in [-0.2, 0) is 4.79 Å². The molecular weight excluding hydrogens is 236 g/mol. The fraction of sp³-hybridized carbons (Fsp3) is 0.923. The maximum atomic E-state index is 12.2. The standard InChI is InChI=1S/C13H26N2O.ClH/c1-5-10(6-2)12(16)15-8-7-11(14)13(3,4)9-15;/h10-11H,5-9,14H2,1-4H3;1H. The van der Waals surface area contributed by atoms with Crippen LogP contribution < -0.4 is 5.73 Å². The van der Waals surface area contributed by atoms with Crippen LogP contribution in [0.5, 0.6) is 0 Å². The molecular formula is C13H27ClN2O. The summed E-state index contributed by atoms with van der Waals surface area (Å²) in [4.78, 5) is 14.3. The van der Waals surface area contributed by atoms with E-state index in [1.807, 2.05) is 4.90 Å². The van der Waals surface area contributed by atoms with Gasteiger partial charge in [0.1, 0.15) is 0 Å². The van der Waals surface area contributed by atoms with Crippen molar-refractivity contribution in [2.75, 3.05) is 13.1 Å². The van der Waals surface area contributed by atoms with Gasteiger partial charge in [0, 0.05) is 25.0 Å². The van der Waals surface area contributed by atoms with Crippen LogP contribution in [0, 0.1) is 11.3 Å². The molecule has 1 amide bonds. The Morgan fingerprint density at radius 2 is 1.94 bits per heavy atom. The highest BCUT2D eigenvalue weighted by Crippen LogP contribution is 2.29. The first-order chi connectivity index (χ1) is 7.42. The highest BCUT2D eigenvalue weighted by atomic mass is 35.5. The zero-order valence-electron chi connectivity index (χ0n) is 11.5. The molecule has 1 fully saturated rings. The molecule has 0 aromatic carbocycles. The monoisotopic (exact) mass is 262 g/mol. The molecule has 1 rings (SSSR count). The van der Waals surface area contributed by atoms with Gasteiger partial charge in [-0.05, 0) is 24.7 Å². The highest BCUT2D eigenvalue weighted by molar-refractivity contribution is 5.85. The summed E-state index contributed by atoms with van der Waals surface area (Å²) in [5, 5.41) is 0. The Hall–Kier alpha value is -0.280. The number of hydrogen-bond donors (Lipinski definition) is 1. The molecule has 1 saturated heterocycles. The molecule has 1 aliphatic heterocycles. The third kappa shape index (κ3) is 3.85. The summed E-state index contributed by atoms with van der Waals surface area (Å²) in [6, 6.07) is 0.221. The van der Waals surface area contributed by atoms with Gasteiger partial charge in [-0.1, -0.05) is 27.7 Å². The first-order valence-electron chi connectivity index (χ1n) is 6.46. The van der Waals surface area contributed by atoms with E-state index in [4.69, 9.17) is 5.73 Å². The lowest BCUT2D eigenvalue weighted by molar-refractivity contribution is -0.139. The van der Waals surface area contributed by atoms with Crippen molar-refractivity contribution in [3.05, 3.63) is 0 Å². The minimum atomic E-state index is 0. The summed E-state index contributed by atoms with van der Waals surface area (Å²) in [5.41, 5.74) is 6.13. The largest absolute Gasteiger partial charge is 0.342 e. The van der Waals surface area contributed by atoms with Gasteiger partial charge in [0.05, 0.1) is 0 Å². The molecule has 0 aliphatic carbocycles. The lowest BCUT2D eigenvalue weighted by atomic mass is 9.79. The number of piperidine rings is 1. The average Bonchev–Trinajstić information content (AvgIpc) is 2.23. The van der Waals surface area contributed by atoms with Crippen LogP contribution in [0.1, 0.15) is 47.0 Å². The van der Waals surface area contributed by atoms with Gasteiger partial charge in [0.2, 0.25) is 5.91 Å². The molecule has 0 radical (unpaired) electrons. The Morgan fingerprint density at radius 3 is 2.35 bits per heavy atom. The summed E-state index contributed by atoms with van der Waals surface area (Å²) >= 11 is 0. The lowest BCUT2D eigenvalue weighted by Gasteiger charge is -2.43. The summed E-state index contributed by atoms with van der Waals surface area (Å²) in [6.45, 7) is 10.1. The Morgan fingerprint density at radius 1 is 1.41 bits per heavy atom. The first kappa shape index (κ1) is 16.7. The van der Waals surface area contributed by atoms with Crippen LogP contribution in [0.4, 0.5) is 0 Å². The minimum Gasteiger partial charge on any atom is -0.342 e. The molecule has 0 aromatic heterocycles. The smallest absolute Gasteiger partial charge is 0.225 e. The second-order valence-corrected chi connectivity index (χ2v) is 5.66. The van der Waals surface area contributed by atoms with E-state index in [-0.39, 0.29) is 29.8 Å². The van der Waals surface area contributed by atoms with E-state index in [9.17, 15) is 4.79 Å². The molecule has 1 aliphatic rings. The molecule has 1 atom stereocenters. The molecule has 17 heavy (non-hydrogen) atoms. The second-order valence-electron chi connectivity index (χ2n) is 5.66. The van der Waals surface area contributed by atoms with Crippen molar-refractivity contribution >= 4 is 18.3 Å². The fourth-order valence-corrected chi connectivity index (χ4v) is 2.46. The van der Waals surface area contributed by atoms with Crippen LogP contribution in [0.3, 0.4) is 0 Å². The second kappa shape index (κ2) is 6.60. The van der Waals surface area contributed by atoms with E-state index in [1.165, 1.54) is 0 Å². The number of nitrogens with zero attached hydrogens (tertiary/aromatic N) is 1. The van der Waals surface area contributed by atoms with E-state index in [1.54, 1.807) is 0 Å². The van der Waals surface area contributed by atoms with Crippen LogP contribution in [0.2, 0.25) is 0 Å². The van der Waals surface area contributed by atoms with Gasteiger partial charge in [-0.25, -0.2) is 0 Å². The number of rotatable bonds is 3. The predicted octanol–water partition coefficient (Wildman–Crippen LogP) is 2.43. The molecule has 3 nitrogen and oxygen atoms in total. The first-order valence-corrected chi connectivity index (χ1v) is 6.46. The van der Waals surface area contributed by atoms with E-state index in [2.05, 4.69) is 27.7 Å². The number of halogens is 1. The number of nitrogens with two attached hydrogens (primary N) is 1. The van der Waals surface area contributed by atoms with Crippen molar-refractivity contribution in [3.8, 4) is 0 Å². The Bertz CT molecular complexity index is 252. The molecule has 4 heteroatoms. The molecule has 102 valence electrons. The Balaban J connectivity index is 0.00000256. The number of likely N-dealkylation sites (tertiary alicyclic amines) is 1. The normalized spacial score (nSPS) is 23.4. The van der Waals surface area contributed by atoms with Crippen molar-refractivity contribution in [2.45, 2.75) is 53.0 Å². The predicted molar refractivity (Wildman–Crippen MR) is 74.3 cm³/mol. The highest BCUT2D eigenvalue weighted by Gasteiger charge is 2.36. The summed E-state index contributed by atoms with van der Waals surface area (Å²) in [5.74, 6) is 0.523. The van der Waals surface area contributed by atoms with Crippen molar-refractivity contribution in [2.24, 2.45) is 17.1 Å². The van der Waals surface area contributed by atoms with Gasteiger partial charge in [0.15, 0.2) is 0 Å². The topological polar surface area (TPSA) is 46.3 Å². The van der Waals surface area contributed by atoms with Crippen LogP contribution in [0.25, 0.3) is 0 Å². The molecule has 0 saturated carbocycles. The van der Waals surface area contributed by atoms with Gasteiger partial charge in [-0.15, -0.1) is 12.4 Å². The van der Waals surface area contributed by atoms with Crippen molar-refractivity contribution in [1.82, 2.24) is 4.90 Å². The van der Waals surface area contributed by atoms with Gasteiger partial charge < -0.3 is 10.6 Å². The van der Waals surface area contributed by atoms with E-state index in [0.717, 1.165) is 32.4 Å². The summed E-state index contributed by atoms with van der Waals surface area (Å²) in [6.07, 6.45) is 2.81.